The Kier molecular flexibility index (Phi) is 9.54. The minimum absolute atomic E-state index is 0.490. The average Bonchev–Trinajstić information content (AvgIpc) is 2.50. The van der Waals surface area contributed by atoms with Gasteiger partial charge in [-0.3, -0.25) is 0 Å². The highest BCUT2D eigenvalue weighted by Crippen LogP contribution is 2.39. The van der Waals surface area contributed by atoms with Crippen LogP contribution in [-0.4, -0.2) is 50.8 Å². The Bertz CT molecular complexity index is 250. The van der Waals surface area contributed by atoms with Gasteiger partial charge in [0.25, 0.3) is 0 Å². The van der Waals surface area contributed by atoms with Crippen LogP contribution in [0.4, 0.5) is 0 Å². The van der Waals surface area contributed by atoms with Gasteiger partial charge in [-0.2, -0.15) is 0 Å². The summed E-state index contributed by atoms with van der Waals surface area (Å²) in [6, 6.07) is 0. The summed E-state index contributed by atoms with van der Waals surface area (Å²) in [7, 11) is 0. The summed E-state index contributed by atoms with van der Waals surface area (Å²) < 4.78 is 5.55. The largest absolute Gasteiger partial charge is 0.380 e. The minimum atomic E-state index is 0.490. The van der Waals surface area contributed by atoms with Gasteiger partial charge in [0, 0.05) is 26.2 Å². The molecule has 1 rings (SSSR count). The Morgan fingerprint density at radius 2 is 1.90 bits per heavy atom. The third kappa shape index (κ3) is 7.12. The van der Waals surface area contributed by atoms with Gasteiger partial charge in [-0.25, -0.2) is 0 Å². The topological polar surface area (TPSA) is 24.5 Å². The Morgan fingerprint density at radius 1 is 1.19 bits per heavy atom. The van der Waals surface area contributed by atoms with E-state index in [0.29, 0.717) is 5.41 Å². The first-order valence-electron chi connectivity index (χ1n) is 9.16. The standard InChI is InChI=1S/C18H38N2O/c1-5-12-19-15-18(10-8-17(4)9-11-18)16-20(6-2)13-14-21-7-3/h17,19H,5-16H2,1-4H3. The lowest BCUT2D eigenvalue weighted by Crippen LogP contribution is -2.47. The summed E-state index contributed by atoms with van der Waals surface area (Å²) in [6.45, 7) is 16.5. The molecule has 1 fully saturated rings. The SMILES string of the molecule is CCCNCC1(CN(CC)CCOCC)CCC(C)CC1. The highest BCUT2D eigenvalue weighted by atomic mass is 16.5. The van der Waals surface area contributed by atoms with Crippen LogP contribution >= 0.6 is 0 Å². The molecule has 21 heavy (non-hydrogen) atoms. The Hall–Kier alpha value is -0.120. The van der Waals surface area contributed by atoms with Gasteiger partial charge in [0.1, 0.15) is 0 Å². The van der Waals surface area contributed by atoms with E-state index in [0.717, 1.165) is 38.8 Å². The molecule has 0 bridgehead atoms. The lowest BCUT2D eigenvalue weighted by molar-refractivity contribution is 0.0624. The van der Waals surface area contributed by atoms with E-state index in [1.165, 1.54) is 45.2 Å². The quantitative estimate of drug-likeness (QED) is 0.591. The molecule has 1 aliphatic rings. The van der Waals surface area contributed by atoms with Crippen molar-refractivity contribution in [1.82, 2.24) is 10.2 Å². The van der Waals surface area contributed by atoms with Gasteiger partial charge in [0.15, 0.2) is 0 Å². The molecule has 1 aliphatic carbocycles. The second kappa shape index (κ2) is 10.6. The summed E-state index contributed by atoms with van der Waals surface area (Å²) in [5.41, 5.74) is 0.490. The zero-order chi connectivity index (χ0) is 15.6. The van der Waals surface area contributed by atoms with Gasteiger partial charge >= 0.3 is 0 Å². The monoisotopic (exact) mass is 298 g/mol. The number of hydrogen-bond acceptors (Lipinski definition) is 3. The second-order valence-corrected chi connectivity index (χ2v) is 6.92. The third-order valence-electron chi connectivity index (χ3n) is 5.02. The number of likely N-dealkylation sites (N-methyl/N-ethyl adjacent to an activating group) is 1. The van der Waals surface area contributed by atoms with E-state index in [-0.39, 0.29) is 0 Å². The van der Waals surface area contributed by atoms with Gasteiger partial charge in [0.05, 0.1) is 6.61 Å². The Balaban J connectivity index is 2.53. The molecular formula is C18H38N2O. The summed E-state index contributed by atoms with van der Waals surface area (Å²) in [5, 5.41) is 3.70. The van der Waals surface area contributed by atoms with Gasteiger partial charge in [-0.05, 0) is 50.6 Å². The lowest BCUT2D eigenvalue weighted by atomic mass is 9.70. The van der Waals surface area contributed by atoms with E-state index in [1.54, 1.807) is 0 Å². The van der Waals surface area contributed by atoms with Gasteiger partial charge < -0.3 is 15.0 Å². The number of nitrogens with zero attached hydrogens (tertiary/aromatic N) is 1. The summed E-state index contributed by atoms with van der Waals surface area (Å²) in [5.74, 6) is 0.919. The maximum atomic E-state index is 5.55. The third-order valence-corrected chi connectivity index (χ3v) is 5.02. The smallest absolute Gasteiger partial charge is 0.0593 e. The van der Waals surface area contributed by atoms with Crippen LogP contribution in [0.25, 0.3) is 0 Å². The molecule has 0 aromatic rings. The molecule has 0 atom stereocenters. The van der Waals surface area contributed by atoms with Crippen molar-refractivity contribution in [3.05, 3.63) is 0 Å². The Labute approximate surface area is 132 Å². The van der Waals surface area contributed by atoms with Crippen LogP contribution in [0.2, 0.25) is 0 Å². The van der Waals surface area contributed by atoms with Gasteiger partial charge in [0.2, 0.25) is 0 Å². The predicted molar refractivity (Wildman–Crippen MR) is 91.8 cm³/mol. The maximum Gasteiger partial charge on any atom is 0.0593 e. The highest BCUT2D eigenvalue weighted by Gasteiger charge is 2.35. The number of nitrogens with one attached hydrogen (secondary N) is 1. The van der Waals surface area contributed by atoms with Gasteiger partial charge in [-0.15, -0.1) is 0 Å². The number of rotatable bonds is 11. The molecule has 1 saturated carbocycles. The molecule has 0 spiro atoms. The van der Waals surface area contributed by atoms with Crippen LogP contribution in [0.3, 0.4) is 0 Å². The van der Waals surface area contributed by atoms with Crippen molar-refractivity contribution in [3.8, 4) is 0 Å². The molecule has 0 aliphatic heterocycles. The Morgan fingerprint density at radius 3 is 2.48 bits per heavy atom. The van der Waals surface area contributed by atoms with Crippen molar-refractivity contribution in [2.75, 3.05) is 45.9 Å². The molecule has 3 heteroatoms. The first-order chi connectivity index (χ1) is 10.2. The van der Waals surface area contributed by atoms with E-state index in [2.05, 4.69) is 37.9 Å². The van der Waals surface area contributed by atoms with E-state index in [1.807, 2.05) is 0 Å². The maximum absolute atomic E-state index is 5.55. The van der Waals surface area contributed by atoms with Crippen LogP contribution in [0.5, 0.6) is 0 Å². The normalized spacial score (nSPS) is 26.4. The van der Waals surface area contributed by atoms with Crippen LogP contribution in [0.15, 0.2) is 0 Å². The van der Waals surface area contributed by atoms with E-state index in [4.69, 9.17) is 4.74 Å². The molecular weight excluding hydrogens is 260 g/mol. The van der Waals surface area contributed by atoms with E-state index < -0.39 is 0 Å². The van der Waals surface area contributed by atoms with E-state index >= 15 is 0 Å². The summed E-state index contributed by atoms with van der Waals surface area (Å²) >= 11 is 0. The zero-order valence-electron chi connectivity index (χ0n) is 14.9. The zero-order valence-corrected chi connectivity index (χ0v) is 14.9. The first kappa shape index (κ1) is 18.9. The van der Waals surface area contributed by atoms with Crippen molar-refractivity contribution in [1.29, 1.82) is 0 Å². The molecule has 0 radical (unpaired) electrons. The van der Waals surface area contributed by atoms with Crippen molar-refractivity contribution in [2.45, 2.75) is 59.8 Å². The molecule has 126 valence electrons. The van der Waals surface area contributed by atoms with Crippen LogP contribution in [0.1, 0.15) is 59.8 Å². The second-order valence-electron chi connectivity index (χ2n) is 6.92. The van der Waals surface area contributed by atoms with Crippen molar-refractivity contribution >= 4 is 0 Å². The molecule has 0 heterocycles. The molecule has 3 nitrogen and oxygen atoms in total. The minimum Gasteiger partial charge on any atom is -0.380 e. The fourth-order valence-electron chi connectivity index (χ4n) is 3.46. The van der Waals surface area contributed by atoms with Gasteiger partial charge in [-0.1, -0.05) is 33.6 Å². The predicted octanol–water partition coefficient (Wildman–Crippen LogP) is 3.54. The van der Waals surface area contributed by atoms with Crippen LogP contribution in [0, 0.1) is 11.3 Å². The lowest BCUT2D eigenvalue weighted by Gasteiger charge is -2.43. The van der Waals surface area contributed by atoms with Crippen LogP contribution in [-0.2, 0) is 4.74 Å². The fourth-order valence-corrected chi connectivity index (χ4v) is 3.46. The van der Waals surface area contributed by atoms with Crippen molar-refractivity contribution < 1.29 is 4.74 Å². The average molecular weight is 299 g/mol. The van der Waals surface area contributed by atoms with Crippen molar-refractivity contribution in [2.24, 2.45) is 11.3 Å². The summed E-state index contributed by atoms with van der Waals surface area (Å²) in [6.07, 6.45) is 6.80. The van der Waals surface area contributed by atoms with Crippen molar-refractivity contribution in [3.63, 3.8) is 0 Å². The number of hydrogen-bond donors (Lipinski definition) is 1. The molecule has 0 amide bonds. The molecule has 0 aromatic heterocycles. The van der Waals surface area contributed by atoms with Crippen LogP contribution < -0.4 is 5.32 Å². The molecule has 1 N–H and O–H groups in total. The fraction of sp³-hybridized carbons (Fsp3) is 1.00. The molecule has 0 saturated heterocycles. The highest BCUT2D eigenvalue weighted by molar-refractivity contribution is 4.89. The summed E-state index contributed by atoms with van der Waals surface area (Å²) in [4.78, 5) is 2.60. The molecule has 0 unspecified atom stereocenters. The molecule has 0 aromatic carbocycles. The first-order valence-corrected chi connectivity index (χ1v) is 9.16. The number of ether oxygens (including phenoxy) is 1. The van der Waals surface area contributed by atoms with E-state index in [9.17, 15) is 0 Å².